The highest BCUT2D eigenvalue weighted by Gasteiger charge is 2.30. The quantitative estimate of drug-likeness (QED) is 0.473. The molecule has 13 heavy (non-hydrogen) atoms. The van der Waals surface area contributed by atoms with Crippen LogP contribution in [-0.4, -0.2) is 10.3 Å². The Morgan fingerprint density at radius 1 is 1.23 bits per heavy atom. The Bertz CT molecular complexity index is 311. The van der Waals surface area contributed by atoms with E-state index in [0.29, 0.717) is 6.07 Å². The minimum atomic E-state index is -4.49. The van der Waals surface area contributed by atoms with E-state index in [0.717, 1.165) is 12.1 Å². The van der Waals surface area contributed by atoms with Crippen LogP contribution >= 0.6 is 0 Å². The van der Waals surface area contributed by atoms with Crippen molar-refractivity contribution in [3.8, 4) is 5.75 Å². The van der Waals surface area contributed by atoms with Crippen molar-refractivity contribution in [2.45, 2.75) is 6.18 Å². The highest BCUT2D eigenvalue weighted by molar-refractivity contribution is 5.55. The average Bonchev–Trinajstić information content (AvgIpc) is 2.02. The van der Waals surface area contributed by atoms with E-state index < -0.39 is 17.5 Å². The van der Waals surface area contributed by atoms with Crippen LogP contribution in [0.4, 0.5) is 18.9 Å². The lowest BCUT2D eigenvalue weighted by molar-refractivity contribution is -0.137. The Balaban J connectivity index is 3.10. The fraction of sp³-hybridized carbons (Fsp3) is 0.143. The molecule has 1 aromatic carbocycles. The molecule has 0 atom stereocenters. The maximum atomic E-state index is 12.0. The number of hydrogen-bond acceptors (Lipinski definition) is 3. The van der Waals surface area contributed by atoms with Gasteiger partial charge in [0.1, 0.15) is 11.4 Å². The van der Waals surface area contributed by atoms with Gasteiger partial charge in [0.2, 0.25) is 0 Å². The summed E-state index contributed by atoms with van der Waals surface area (Å²) in [6.45, 7) is 0. The molecule has 0 bridgehead atoms. The number of nitrogens with one attached hydrogen (secondary N) is 1. The van der Waals surface area contributed by atoms with Crippen LogP contribution in [-0.2, 0) is 6.18 Å². The Kier molecular flexibility index (Phi) is 2.33. The molecule has 6 heteroatoms. The summed E-state index contributed by atoms with van der Waals surface area (Å²) < 4.78 is 36.0. The zero-order valence-electron chi connectivity index (χ0n) is 6.26. The molecule has 0 aliphatic rings. The van der Waals surface area contributed by atoms with Gasteiger partial charge < -0.3 is 5.11 Å². The summed E-state index contributed by atoms with van der Waals surface area (Å²) in [5.41, 5.74) is 0.415. The molecule has 1 aromatic rings. The molecule has 3 N–H and O–H groups in total. The van der Waals surface area contributed by atoms with Crippen molar-refractivity contribution < 1.29 is 23.5 Å². The minimum absolute atomic E-state index is 0.173. The van der Waals surface area contributed by atoms with Gasteiger partial charge in [-0.1, -0.05) is 0 Å². The van der Waals surface area contributed by atoms with E-state index in [9.17, 15) is 13.2 Å². The molecule has 3 nitrogen and oxygen atoms in total. The fourth-order valence-electron chi connectivity index (χ4n) is 0.803. The molecule has 0 fully saturated rings. The second-order valence-corrected chi connectivity index (χ2v) is 2.34. The average molecular weight is 193 g/mol. The molecule has 0 aromatic heterocycles. The summed E-state index contributed by atoms with van der Waals surface area (Å²) in [6, 6.07) is 2.20. The largest absolute Gasteiger partial charge is 0.506 e. The fourth-order valence-corrected chi connectivity index (χ4v) is 0.803. The van der Waals surface area contributed by atoms with Gasteiger partial charge in [0.25, 0.3) is 0 Å². The molecular weight excluding hydrogens is 187 g/mol. The summed E-state index contributed by atoms with van der Waals surface area (Å²) >= 11 is 0. The topological polar surface area (TPSA) is 52.5 Å². The number of halogens is 3. The number of phenols is 1. The van der Waals surface area contributed by atoms with Crippen LogP contribution in [0, 0.1) is 0 Å². The molecule has 0 aliphatic heterocycles. The molecular formula is C7H6F3NO2. The van der Waals surface area contributed by atoms with Crippen LogP contribution in [0.1, 0.15) is 5.56 Å². The third kappa shape index (κ3) is 2.03. The first-order chi connectivity index (χ1) is 5.95. The predicted octanol–water partition coefficient (Wildman–Crippen LogP) is 2.21. The Hall–Kier alpha value is -1.43. The summed E-state index contributed by atoms with van der Waals surface area (Å²) in [5.74, 6) is -0.655. The molecule has 0 saturated heterocycles. The summed E-state index contributed by atoms with van der Waals surface area (Å²) in [6.07, 6.45) is -4.49. The highest BCUT2D eigenvalue weighted by Crippen LogP contribution is 2.34. The maximum absolute atomic E-state index is 12.0. The van der Waals surface area contributed by atoms with Crippen molar-refractivity contribution >= 4 is 5.69 Å². The SMILES string of the molecule is ONc1ccc(C(F)(F)F)cc1O. The van der Waals surface area contributed by atoms with Crippen molar-refractivity contribution in [3.05, 3.63) is 23.8 Å². The van der Waals surface area contributed by atoms with Crippen LogP contribution < -0.4 is 5.48 Å². The van der Waals surface area contributed by atoms with E-state index in [4.69, 9.17) is 10.3 Å². The number of aromatic hydroxyl groups is 1. The Labute approximate surface area is 71.4 Å². The van der Waals surface area contributed by atoms with Crippen LogP contribution in [0.5, 0.6) is 5.75 Å². The van der Waals surface area contributed by atoms with Gasteiger partial charge in [-0.15, -0.1) is 0 Å². The third-order valence-electron chi connectivity index (χ3n) is 1.45. The van der Waals surface area contributed by atoms with Gasteiger partial charge in [0.05, 0.1) is 5.56 Å². The van der Waals surface area contributed by atoms with E-state index >= 15 is 0 Å². The van der Waals surface area contributed by atoms with E-state index in [-0.39, 0.29) is 5.69 Å². The number of alkyl halides is 3. The van der Waals surface area contributed by atoms with Crippen molar-refractivity contribution in [1.82, 2.24) is 0 Å². The molecule has 0 amide bonds. The van der Waals surface area contributed by atoms with Crippen LogP contribution in [0.2, 0.25) is 0 Å². The lowest BCUT2D eigenvalue weighted by atomic mass is 10.2. The van der Waals surface area contributed by atoms with E-state index in [2.05, 4.69) is 0 Å². The number of anilines is 1. The first-order valence-corrected chi connectivity index (χ1v) is 3.25. The lowest BCUT2D eigenvalue weighted by Gasteiger charge is -2.08. The second-order valence-electron chi connectivity index (χ2n) is 2.34. The number of rotatable bonds is 1. The normalized spacial score (nSPS) is 11.4. The molecule has 0 heterocycles. The van der Waals surface area contributed by atoms with Crippen LogP contribution in [0.3, 0.4) is 0 Å². The van der Waals surface area contributed by atoms with Crippen molar-refractivity contribution in [2.24, 2.45) is 0 Å². The monoisotopic (exact) mass is 193 g/mol. The first kappa shape index (κ1) is 9.66. The van der Waals surface area contributed by atoms with Gasteiger partial charge in [-0.2, -0.15) is 13.2 Å². The molecule has 0 aliphatic carbocycles. The minimum Gasteiger partial charge on any atom is -0.506 e. The van der Waals surface area contributed by atoms with Crippen LogP contribution in [0.25, 0.3) is 0 Å². The Morgan fingerprint density at radius 3 is 2.23 bits per heavy atom. The zero-order valence-corrected chi connectivity index (χ0v) is 6.26. The van der Waals surface area contributed by atoms with Crippen molar-refractivity contribution in [2.75, 3.05) is 5.48 Å². The van der Waals surface area contributed by atoms with Crippen molar-refractivity contribution in [1.29, 1.82) is 0 Å². The van der Waals surface area contributed by atoms with Crippen LogP contribution in [0.15, 0.2) is 18.2 Å². The lowest BCUT2D eigenvalue weighted by Crippen LogP contribution is -2.04. The molecule has 0 spiro atoms. The van der Waals surface area contributed by atoms with E-state index in [1.54, 1.807) is 5.48 Å². The van der Waals surface area contributed by atoms with Gasteiger partial charge in [-0.05, 0) is 18.2 Å². The zero-order chi connectivity index (χ0) is 10.1. The molecule has 1 rings (SSSR count). The molecule has 72 valence electrons. The molecule has 0 unspecified atom stereocenters. The standard InChI is InChI=1S/C7H6F3NO2/c8-7(9,10)4-1-2-5(11-13)6(12)3-4/h1-3,11-13H. The van der Waals surface area contributed by atoms with E-state index in [1.807, 2.05) is 0 Å². The smallest absolute Gasteiger partial charge is 0.416 e. The van der Waals surface area contributed by atoms with Gasteiger partial charge in [-0.3, -0.25) is 10.7 Å². The second kappa shape index (κ2) is 3.14. The number of hydrogen-bond donors (Lipinski definition) is 3. The summed E-state index contributed by atoms with van der Waals surface area (Å²) in [4.78, 5) is 0. The molecule has 0 saturated carbocycles. The first-order valence-electron chi connectivity index (χ1n) is 3.25. The molecule has 0 radical (unpaired) electrons. The van der Waals surface area contributed by atoms with Crippen molar-refractivity contribution in [3.63, 3.8) is 0 Å². The maximum Gasteiger partial charge on any atom is 0.416 e. The Morgan fingerprint density at radius 2 is 1.85 bits per heavy atom. The summed E-state index contributed by atoms with van der Waals surface area (Å²) in [7, 11) is 0. The predicted molar refractivity (Wildman–Crippen MR) is 38.5 cm³/mol. The third-order valence-corrected chi connectivity index (χ3v) is 1.45. The highest BCUT2D eigenvalue weighted by atomic mass is 19.4. The van der Waals surface area contributed by atoms with Gasteiger partial charge >= 0.3 is 6.18 Å². The summed E-state index contributed by atoms with van der Waals surface area (Å²) in [5, 5.41) is 17.3. The van der Waals surface area contributed by atoms with E-state index in [1.165, 1.54) is 0 Å². The number of benzene rings is 1. The van der Waals surface area contributed by atoms with Gasteiger partial charge in [-0.25, -0.2) is 0 Å². The van der Waals surface area contributed by atoms with Gasteiger partial charge in [0.15, 0.2) is 0 Å². The number of phenolic OH excluding ortho intramolecular Hbond substituents is 1. The van der Waals surface area contributed by atoms with Gasteiger partial charge in [0, 0.05) is 0 Å².